The number of fused-ring (bicyclic) bond motifs is 2. The van der Waals surface area contributed by atoms with Crippen LogP contribution < -0.4 is 0 Å². The smallest absolute Gasteiger partial charge is 0.182 e. The molecule has 4 heterocycles. The lowest BCUT2D eigenvalue weighted by molar-refractivity contribution is 0.00396. The molecule has 1 aromatic carbocycles. The first-order chi connectivity index (χ1) is 16.6. The first-order valence-electron chi connectivity index (χ1n) is 12.4. The molecule has 0 spiro atoms. The molecule has 0 radical (unpaired) electrons. The Morgan fingerprint density at radius 3 is 2.59 bits per heavy atom. The molecule has 0 N–H and O–H groups in total. The molecule has 0 unspecified atom stereocenters. The van der Waals surface area contributed by atoms with Crippen LogP contribution in [0.15, 0.2) is 30.6 Å². The highest BCUT2D eigenvalue weighted by Gasteiger charge is 2.31. The Hall–Kier alpha value is -3.19. The summed E-state index contributed by atoms with van der Waals surface area (Å²) in [6, 6.07) is 7.27. The number of benzene rings is 1. The van der Waals surface area contributed by atoms with Gasteiger partial charge in [-0.1, -0.05) is 12.1 Å². The van der Waals surface area contributed by atoms with Crippen LogP contribution in [0.1, 0.15) is 77.6 Å². The van der Waals surface area contributed by atoms with Crippen LogP contribution in [0, 0.1) is 13.8 Å². The molecule has 2 atom stereocenters. The van der Waals surface area contributed by atoms with E-state index in [1.54, 1.807) is 0 Å². The van der Waals surface area contributed by atoms with Gasteiger partial charge in [-0.3, -0.25) is 4.68 Å². The van der Waals surface area contributed by atoms with Crippen LogP contribution in [0.4, 0.5) is 0 Å². The van der Waals surface area contributed by atoms with Gasteiger partial charge < -0.3 is 4.74 Å². The fraction of sp³-hybridized carbons (Fsp3) is 0.444. The summed E-state index contributed by atoms with van der Waals surface area (Å²) < 4.78 is 8.26. The van der Waals surface area contributed by atoms with Crippen molar-refractivity contribution in [2.75, 3.05) is 6.61 Å². The van der Waals surface area contributed by atoms with Crippen LogP contribution in [-0.2, 0) is 17.6 Å². The summed E-state index contributed by atoms with van der Waals surface area (Å²) in [7, 11) is 0. The molecule has 3 aliphatic rings. The largest absolute Gasteiger partial charge is 0.373 e. The molecule has 7 rings (SSSR count). The average molecular weight is 453 g/mol. The highest BCUT2D eigenvalue weighted by atomic mass is 16.5. The first kappa shape index (κ1) is 20.2. The third-order valence-electron chi connectivity index (χ3n) is 7.67. The van der Waals surface area contributed by atoms with Crippen LogP contribution in [-0.4, -0.2) is 36.3 Å². The lowest BCUT2D eigenvalue weighted by atomic mass is 9.86. The maximum absolute atomic E-state index is 6.17. The van der Waals surface area contributed by atoms with Gasteiger partial charge in [0.2, 0.25) is 0 Å². The minimum Gasteiger partial charge on any atom is -0.373 e. The molecule has 0 bridgehead atoms. The van der Waals surface area contributed by atoms with E-state index in [2.05, 4.69) is 34.2 Å². The summed E-state index contributed by atoms with van der Waals surface area (Å²) in [4.78, 5) is 19.8. The standard InChI is InChI=1S/C27H28N6O/c1-15-16(2)30-27-25(29-15)24(19-6-4-17-3-5-18(17)11-19)31-26(32-27)20-9-10-34-23(12-20)21-13-28-33(14-21)22-7-8-22/h4,6,11,13-14,20,22-23H,3,5,7-10,12H2,1-2H3/t20-,23+/m1/s1. The minimum atomic E-state index is 0.0244. The minimum absolute atomic E-state index is 0.0244. The van der Waals surface area contributed by atoms with Gasteiger partial charge in [-0.2, -0.15) is 5.10 Å². The van der Waals surface area contributed by atoms with E-state index in [0.717, 1.165) is 58.8 Å². The molecule has 2 aliphatic carbocycles. The topological polar surface area (TPSA) is 78.6 Å². The first-order valence-corrected chi connectivity index (χ1v) is 12.4. The van der Waals surface area contributed by atoms with Crippen molar-refractivity contribution < 1.29 is 4.74 Å². The molecule has 34 heavy (non-hydrogen) atoms. The number of hydrogen-bond donors (Lipinski definition) is 0. The summed E-state index contributed by atoms with van der Waals surface area (Å²) in [5.41, 5.74) is 9.35. The monoisotopic (exact) mass is 452 g/mol. The second kappa shape index (κ2) is 7.67. The SMILES string of the molecule is Cc1nc2nc([C@@H]3CCO[C@H](c4cnn(C5CC5)c4)C3)nc(-c3ccc4c(c3)CC4)c2nc1C. The Morgan fingerprint density at radius 1 is 0.941 bits per heavy atom. The average Bonchev–Trinajstić information content (AvgIpc) is 3.56. The van der Waals surface area contributed by atoms with Crippen molar-refractivity contribution in [1.29, 1.82) is 0 Å². The van der Waals surface area contributed by atoms with Crippen molar-refractivity contribution in [1.82, 2.24) is 29.7 Å². The van der Waals surface area contributed by atoms with Gasteiger partial charge in [-0.05, 0) is 69.6 Å². The van der Waals surface area contributed by atoms with E-state index >= 15 is 0 Å². The van der Waals surface area contributed by atoms with Crippen molar-refractivity contribution in [2.24, 2.45) is 0 Å². The molecule has 1 aliphatic heterocycles. The third kappa shape index (κ3) is 3.41. The van der Waals surface area contributed by atoms with Crippen molar-refractivity contribution in [3.63, 3.8) is 0 Å². The van der Waals surface area contributed by atoms with E-state index in [1.165, 1.54) is 30.4 Å². The zero-order chi connectivity index (χ0) is 22.8. The molecule has 1 saturated carbocycles. The molecule has 1 saturated heterocycles. The molecule has 7 heteroatoms. The quantitative estimate of drug-likeness (QED) is 0.435. The van der Waals surface area contributed by atoms with Crippen molar-refractivity contribution in [3.8, 4) is 11.3 Å². The summed E-state index contributed by atoms with van der Waals surface area (Å²) >= 11 is 0. The van der Waals surface area contributed by atoms with Gasteiger partial charge >= 0.3 is 0 Å². The van der Waals surface area contributed by atoms with E-state index in [-0.39, 0.29) is 12.0 Å². The second-order valence-electron chi connectivity index (χ2n) is 10.0. The van der Waals surface area contributed by atoms with Crippen molar-refractivity contribution >= 4 is 11.2 Å². The Balaban J connectivity index is 1.28. The third-order valence-corrected chi connectivity index (χ3v) is 7.67. The van der Waals surface area contributed by atoms with Gasteiger partial charge in [-0.15, -0.1) is 0 Å². The Labute approximate surface area is 198 Å². The van der Waals surface area contributed by atoms with Crippen molar-refractivity contribution in [3.05, 3.63) is 64.5 Å². The Morgan fingerprint density at radius 2 is 1.79 bits per heavy atom. The summed E-state index contributed by atoms with van der Waals surface area (Å²) in [6.45, 7) is 4.69. The van der Waals surface area contributed by atoms with Crippen LogP contribution in [0.5, 0.6) is 0 Å². The fourth-order valence-electron chi connectivity index (χ4n) is 5.18. The van der Waals surface area contributed by atoms with E-state index in [4.69, 9.17) is 24.7 Å². The summed E-state index contributed by atoms with van der Waals surface area (Å²) in [5.74, 6) is 1.06. The molecule has 2 fully saturated rings. The van der Waals surface area contributed by atoms with Crippen LogP contribution in [0.3, 0.4) is 0 Å². The molecule has 7 nitrogen and oxygen atoms in total. The molecule has 0 amide bonds. The Kier molecular flexibility index (Phi) is 4.56. The van der Waals surface area contributed by atoms with Gasteiger partial charge in [0, 0.05) is 29.8 Å². The fourth-order valence-corrected chi connectivity index (χ4v) is 5.18. The second-order valence-corrected chi connectivity index (χ2v) is 10.0. The van der Waals surface area contributed by atoms with Gasteiger partial charge in [0.25, 0.3) is 0 Å². The molecular weight excluding hydrogens is 424 g/mol. The van der Waals surface area contributed by atoms with Gasteiger partial charge in [0.15, 0.2) is 5.65 Å². The van der Waals surface area contributed by atoms with Crippen LogP contribution in [0.2, 0.25) is 0 Å². The maximum atomic E-state index is 6.17. The molecule has 4 aromatic rings. The number of aromatic nitrogens is 6. The van der Waals surface area contributed by atoms with E-state index in [9.17, 15) is 0 Å². The van der Waals surface area contributed by atoms with Crippen LogP contribution >= 0.6 is 0 Å². The van der Waals surface area contributed by atoms with E-state index < -0.39 is 0 Å². The normalized spacial score (nSPS) is 21.9. The highest BCUT2D eigenvalue weighted by Crippen LogP contribution is 2.40. The van der Waals surface area contributed by atoms with E-state index in [0.29, 0.717) is 18.3 Å². The zero-order valence-corrected chi connectivity index (χ0v) is 19.7. The summed E-state index contributed by atoms with van der Waals surface area (Å²) in [6.07, 6.45) is 10.7. The lowest BCUT2D eigenvalue weighted by Gasteiger charge is -2.28. The van der Waals surface area contributed by atoms with Gasteiger partial charge in [-0.25, -0.2) is 19.9 Å². The Bertz CT molecular complexity index is 1420. The number of rotatable bonds is 4. The van der Waals surface area contributed by atoms with Crippen LogP contribution in [0.25, 0.3) is 22.4 Å². The zero-order valence-electron chi connectivity index (χ0n) is 19.7. The highest BCUT2D eigenvalue weighted by molar-refractivity contribution is 5.87. The number of hydrogen-bond acceptors (Lipinski definition) is 6. The molecular formula is C27H28N6O. The predicted octanol–water partition coefficient (Wildman–Crippen LogP) is 4.97. The van der Waals surface area contributed by atoms with E-state index in [1.807, 2.05) is 20.0 Å². The molecule has 172 valence electrons. The number of ether oxygens (including phenoxy) is 1. The molecule has 3 aromatic heterocycles. The van der Waals surface area contributed by atoms with Crippen molar-refractivity contribution in [2.45, 2.75) is 70.4 Å². The lowest BCUT2D eigenvalue weighted by Crippen LogP contribution is -2.20. The number of nitrogens with zero attached hydrogens (tertiary/aromatic N) is 6. The summed E-state index contributed by atoms with van der Waals surface area (Å²) in [5, 5.41) is 4.57. The number of aryl methyl sites for hydroxylation is 4. The van der Waals surface area contributed by atoms with Gasteiger partial charge in [0.05, 0.1) is 29.7 Å². The van der Waals surface area contributed by atoms with Gasteiger partial charge in [0.1, 0.15) is 17.0 Å². The predicted molar refractivity (Wildman–Crippen MR) is 129 cm³/mol. The maximum Gasteiger partial charge on any atom is 0.182 e.